The van der Waals surface area contributed by atoms with Crippen molar-refractivity contribution in [3.8, 4) is 17.2 Å². The van der Waals surface area contributed by atoms with Crippen molar-refractivity contribution in [1.29, 1.82) is 0 Å². The van der Waals surface area contributed by atoms with Gasteiger partial charge in [-0.1, -0.05) is 6.92 Å². The number of nitrogens with zero attached hydrogens (tertiary/aromatic N) is 3. The number of nitrogens with one attached hydrogen (secondary N) is 2. The van der Waals surface area contributed by atoms with Gasteiger partial charge in [-0.05, 0) is 19.0 Å². The Labute approximate surface area is 176 Å². The monoisotopic (exact) mass is 427 g/mol. The van der Waals surface area contributed by atoms with Gasteiger partial charge >= 0.3 is 6.61 Å². The summed E-state index contributed by atoms with van der Waals surface area (Å²) in [5.74, 6) is 2.00. The van der Waals surface area contributed by atoms with Gasteiger partial charge in [0.2, 0.25) is 6.79 Å². The van der Waals surface area contributed by atoms with Gasteiger partial charge in [-0.15, -0.1) is 0 Å². The van der Waals surface area contributed by atoms with Gasteiger partial charge in [0.15, 0.2) is 17.5 Å². The maximum absolute atomic E-state index is 12.8. The lowest BCUT2D eigenvalue weighted by atomic mass is 10.1. The average Bonchev–Trinajstić information content (AvgIpc) is 3.16. The molecule has 0 aromatic heterocycles. The minimum Gasteiger partial charge on any atom is -0.454 e. The zero-order chi connectivity index (χ0) is 21.5. The summed E-state index contributed by atoms with van der Waals surface area (Å²) in [5, 5.41) is 6.46. The molecule has 8 nitrogen and oxygen atoms in total. The molecule has 1 saturated heterocycles. The third-order valence-electron chi connectivity index (χ3n) is 5.23. The Morgan fingerprint density at radius 1 is 1.17 bits per heavy atom. The highest BCUT2D eigenvalue weighted by Gasteiger charge is 2.20. The number of hydrogen-bond acceptors (Lipinski definition) is 6. The van der Waals surface area contributed by atoms with Crippen molar-refractivity contribution >= 4 is 5.96 Å². The van der Waals surface area contributed by atoms with Crippen LogP contribution in [0.2, 0.25) is 0 Å². The zero-order valence-electron chi connectivity index (χ0n) is 17.8. The first-order chi connectivity index (χ1) is 14.4. The molecule has 10 heteroatoms. The van der Waals surface area contributed by atoms with Crippen LogP contribution in [0.25, 0.3) is 0 Å². The van der Waals surface area contributed by atoms with Crippen molar-refractivity contribution in [2.45, 2.75) is 20.1 Å². The lowest BCUT2D eigenvalue weighted by molar-refractivity contribution is -0.0505. The van der Waals surface area contributed by atoms with Gasteiger partial charge in [0.05, 0.1) is 0 Å². The van der Waals surface area contributed by atoms with Crippen molar-refractivity contribution in [3.63, 3.8) is 0 Å². The molecular weight excluding hydrogens is 396 g/mol. The summed E-state index contributed by atoms with van der Waals surface area (Å²) in [6, 6.07) is 3.08. The smallest absolute Gasteiger partial charge is 0.387 e. The van der Waals surface area contributed by atoms with Gasteiger partial charge in [0.1, 0.15) is 5.75 Å². The van der Waals surface area contributed by atoms with E-state index in [1.165, 1.54) is 6.07 Å². The van der Waals surface area contributed by atoms with Crippen LogP contribution in [0.4, 0.5) is 8.78 Å². The highest BCUT2D eigenvalue weighted by molar-refractivity contribution is 5.79. The van der Waals surface area contributed by atoms with Crippen LogP contribution in [0.15, 0.2) is 17.1 Å². The SMILES string of the molecule is CN=C(NCc1cc2c(cc1OC(F)F)OCO2)NCC(C)CN1CCN(C)CC1. The Bertz CT molecular complexity index is 727. The Morgan fingerprint density at radius 2 is 1.87 bits per heavy atom. The number of guanidine groups is 1. The van der Waals surface area contributed by atoms with Gasteiger partial charge in [-0.25, -0.2) is 0 Å². The number of aliphatic imine (C=N–C) groups is 1. The Kier molecular flexibility index (Phi) is 7.92. The number of alkyl halides is 2. The Hall–Kier alpha value is -2.33. The summed E-state index contributed by atoms with van der Waals surface area (Å²) in [6.07, 6.45) is 0. The van der Waals surface area contributed by atoms with E-state index in [1.54, 1.807) is 13.1 Å². The van der Waals surface area contributed by atoms with Crippen molar-refractivity contribution < 1.29 is 23.0 Å². The molecule has 1 aromatic rings. The predicted octanol–water partition coefficient (Wildman–Crippen LogP) is 1.57. The average molecular weight is 427 g/mol. The second-order valence-electron chi connectivity index (χ2n) is 7.71. The van der Waals surface area contributed by atoms with Crippen molar-refractivity contribution in [3.05, 3.63) is 17.7 Å². The summed E-state index contributed by atoms with van der Waals surface area (Å²) >= 11 is 0. The van der Waals surface area contributed by atoms with E-state index in [2.05, 4.69) is 44.1 Å². The quantitative estimate of drug-likeness (QED) is 0.482. The van der Waals surface area contributed by atoms with Gasteiger partial charge in [-0.3, -0.25) is 4.99 Å². The summed E-state index contributed by atoms with van der Waals surface area (Å²) < 4.78 is 40.8. The van der Waals surface area contributed by atoms with Crippen LogP contribution >= 0.6 is 0 Å². The van der Waals surface area contributed by atoms with E-state index in [0.717, 1.165) is 39.3 Å². The van der Waals surface area contributed by atoms with Crippen LogP contribution < -0.4 is 24.8 Å². The molecule has 2 N–H and O–H groups in total. The zero-order valence-corrected chi connectivity index (χ0v) is 17.8. The fourth-order valence-corrected chi connectivity index (χ4v) is 3.52. The number of likely N-dealkylation sites (N-methyl/N-ethyl adjacent to an activating group) is 1. The molecule has 1 unspecified atom stereocenters. The highest BCUT2D eigenvalue weighted by atomic mass is 19.3. The molecule has 0 bridgehead atoms. The van der Waals surface area contributed by atoms with Gasteiger partial charge in [0, 0.05) is 64.5 Å². The van der Waals surface area contributed by atoms with Gasteiger partial charge < -0.3 is 34.6 Å². The first kappa shape index (κ1) is 22.4. The third-order valence-corrected chi connectivity index (χ3v) is 5.23. The largest absolute Gasteiger partial charge is 0.454 e. The van der Waals surface area contributed by atoms with Crippen molar-refractivity contribution in [2.75, 3.05) is 60.2 Å². The minimum absolute atomic E-state index is 0.0561. The predicted molar refractivity (Wildman–Crippen MR) is 110 cm³/mol. The maximum atomic E-state index is 12.8. The molecule has 2 aliphatic heterocycles. The van der Waals surface area contributed by atoms with Crippen molar-refractivity contribution in [1.82, 2.24) is 20.4 Å². The molecule has 0 amide bonds. The van der Waals surface area contributed by atoms with Crippen LogP contribution in [-0.2, 0) is 6.54 Å². The van der Waals surface area contributed by atoms with E-state index < -0.39 is 6.61 Å². The maximum Gasteiger partial charge on any atom is 0.387 e. The number of benzene rings is 1. The molecule has 0 spiro atoms. The van der Waals surface area contributed by atoms with Crippen LogP contribution in [0.5, 0.6) is 17.2 Å². The molecule has 168 valence electrons. The molecule has 1 fully saturated rings. The summed E-state index contributed by atoms with van der Waals surface area (Å²) in [7, 11) is 3.83. The van der Waals surface area contributed by atoms with Crippen LogP contribution in [0, 0.1) is 5.92 Å². The second kappa shape index (κ2) is 10.6. The van der Waals surface area contributed by atoms with E-state index >= 15 is 0 Å². The molecule has 2 heterocycles. The molecule has 2 aliphatic rings. The molecule has 1 aromatic carbocycles. The van der Waals surface area contributed by atoms with Crippen LogP contribution in [0.1, 0.15) is 12.5 Å². The number of ether oxygens (including phenoxy) is 3. The number of halogens is 2. The first-order valence-corrected chi connectivity index (χ1v) is 10.2. The topological polar surface area (TPSA) is 70.6 Å². The summed E-state index contributed by atoms with van der Waals surface area (Å²) in [4.78, 5) is 9.04. The fraction of sp³-hybridized carbons (Fsp3) is 0.650. The van der Waals surface area contributed by atoms with Crippen LogP contribution in [-0.4, -0.2) is 82.5 Å². The van der Waals surface area contributed by atoms with Gasteiger partial charge in [-0.2, -0.15) is 8.78 Å². The number of hydrogen-bond donors (Lipinski definition) is 2. The molecule has 0 aliphatic carbocycles. The summed E-state index contributed by atoms with van der Waals surface area (Å²) in [5.41, 5.74) is 0.535. The van der Waals surface area contributed by atoms with E-state index in [9.17, 15) is 8.78 Å². The normalized spacial score (nSPS) is 18.5. The first-order valence-electron chi connectivity index (χ1n) is 10.2. The molecule has 1 atom stereocenters. The Morgan fingerprint density at radius 3 is 2.53 bits per heavy atom. The van der Waals surface area contributed by atoms with E-state index in [4.69, 9.17) is 9.47 Å². The van der Waals surface area contributed by atoms with E-state index in [-0.39, 0.29) is 19.1 Å². The van der Waals surface area contributed by atoms with Crippen LogP contribution in [0.3, 0.4) is 0 Å². The number of piperazine rings is 1. The minimum atomic E-state index is -2.92. The molecule has 3 rings (SSSR count). The highest BCUT2D eigenvalue weighted by Crippen LogP contribution is 2.38. The molecule has 30 heavy (non-hydrogen) atoms. The number of rotatable bonds is 8. The molecule has 0 saturated carbocycles. The standard InChI is InChI=1S/C20H31F2N5O3/c1-14(12-27-6-4-26(3)5-7-27)10-24-20(23-2)25-11-15-8-17-18(29-13-28-17)9-16(15)30-19(21)22/h8-9,14,19H,4-7,10-13H2,1-3H3,(H2,23,24,25). The van der Waals surface area contributed by atoms with E-state index in [0.29, 0.717) is 28.9 Å². The molecular formula is C20H31F2N5O3. The van der Waals surface area contributed by atoms with Gasteiger partial charge in [0.25, 0.3) is 0 Å². The summed E-state index contributed by atoms with van der Waals surface area (Å²) in [6.45, 7) is 5.75. The fourth-order valence-electron chi connectivity index (χ4n) is 3.52. The lowest BCUT2D eigenvalue weighted by Crippen LogP contribution is -2.47. The third kappa shape index (κ3) is 6.33. The number of fused-ring (bicyclic) bond motifs is 1. The van der Waals surface area contributed by atoms with Crippen molar-refractivity contribution in [2.24, 2.45) is 10.9 Å². The molecule has 0 radical (unpaired) electrons. The van der Waals surface area contributed by atoms with E-state index in [1.807, 2.05) is 0 Å². The lowest BCUT2D eigenvalue weighted by Gasteiger charge is -2.34. The Balaban J connectivity index is 1.50. The second-order valence-corrected chi connectivity index (χ2v) is 7.71.